The molecule has 1 nitrogen and oxygen atoms in total. The van der Waals surface area contributed by atoms with Crippen LogP contribution in [-0.4, -0.2) is 5.78 Å². The summed E-state index contributed by atoms with van der Waals surface area (Å²) in [5.41, 5.74) is 3.27. The molecule has 0 saturated heterocycles. The van der Waals surface area contributed by atoms with Gasteiger partial charge in [-0.15, -0.1) is 18.3 Å². The van der Waals surface area contributed by atoms with Crippen molar-refractivity contribution in [3.05, 3.63) is 88.8 Å². The number of rotatable bonds is 3. The van der Waals surface area contributed by atoms with Crippen LogP contribution in [0.15, 0.2) is 72.2 Å². The van der Waals surface area contributed by atoms with Crippen molar-refractivity contribution in [2.24, 2.45) is 5.92 Å². The van der Waals surface area contributed by atoms with Gasteiger partial charge in [0.05, 0.1) is 9.65 Å². The minimum atomic E-state index is 0.0207. The number of hydrogen-bond donors (Lipinski definition) is 0. The zero-order valence-corrected chi connectivity index (χ0v) is 13.0. The number of allylic oxidation sites excluding steroid dienone is 2. The SMILES string of the molecule is C=CC1CC12SC(C(=O)c1ccccc1)=Cc1ccccc12. The molecule has 4 rings (SSSR count). The molecule has 22 heavy (non-hydrogen) atoms. The van der Waals surface area contributed by atoms with Gasteiger partial charge >= 0.3 is 0 Å². The molecule has 1 aliphatic heterocycles. The predicted octanol–water partition coefficient (Wildman–Crippen LogP) is 5.06. The lowest BCUT2D eigenvalue weighted by molar-refractivity contribution is 0.104. The van der Waals surface area contributed by atoms with E-state index in [0.29, 0.717) is 5.92 Å². The number of Topliss-reactive ketones (excluding diaryl/α,β-unsaturated/α-hetero) is 1. The van der Waals surface area contributed by atoms with Gasteiger partial charge in [0.15, 0.2) is 5.78 Å². The normalized spacial score (nSPS) is 25.3. The minimum Gasteiger partial charge on any atom is -0.288 e. The van der Waals surface area contributed by atoms with Gasteiger partial charge < -0.3 is 0 Å². The summed E-state index contributed by atoms with van der Waals surface area (Å²) in [6.45, 7) is 3.96. The molecule has 2 atom stereocenters. The summed E-state index contributed by atoms with van der Waals surface area (Å²) in [6, 6.07) is 17.9. The molecule has 0 radical (unpaired) electrons. The third-order valence-electron chi connectivity index (χ3n) is 4.50. The fourth-order valence-electron chi connectivity index (χ4n) is 3.24. The van der Waals surface area contributed by atoms with Gasteiger partial charge in [0.25, 0.3) is 0 Å². The van der Waals surface area contributed by atoms with Gasteiger partial charge in [0, 0.05) is 5.56 Å². The van der Waals surface area contributed by atoms with Crippen LogP contribution in [0.2, 0.25) is 0 Å². The molecule has 1 spiro atoms. The standard InChI is InChI=1S/C20H16OS/c1-2-16-13-20(16)17-11-7-6-10-15(17)12-18(22-20)19(21)14-8-4-3-5-9-14/h2-12,16H,1,13H2. The van der Waals surface area contributed by atoms with E-state index in [1.807, 2.05) is 48.6 Å². The van der Waals surface area contributed by atoms with Crippen LogP contribution in [0.5, 0.6) is 0 Å². The van der Waals surface area contributed by atoms with E-state index in [-0.39, 0.29) is 10.5 Å². The van der Waals surface area contributed by atoms with Crippen molar-refractivity contribution >= 4 is 23.6 Å². The Bertz CT molecular complexity index is 790. The summed E-state index contributed by atoms with van der Waals surface area (Å²) in [5.74, 6) is 0.570. The predicted molar refractivity (Wildman–Crippen MR) is 92.8 cm³/mol. The lowest BCUT2D eigenvalue weighted by Crippen LogP contribution is -2.14. The third kappa shape index (κ3) is 1.98. The van der Waals surface area contributed by atoms with E-state index >= 15 is 0 Å². The van der Waals surface area contributed by atoms with E-state index in [2.05, 4.69) is 24.8 Å². The highest BCUT2D eigenvalue weighted by atomic mass is 32.2. The van der Waals surface area contributed by atoms with Crippen molar-refractivity contribution in [1.82, 2.24) is 0 Å². The van der Waals surface area contributed by atoms with E-state index in [0.717, 1.165) is 16.9 Å². The highest BCUT2D eigenvalue weighted by Crippen LogP contribution is 2.67. The van der Waals surface area contributed by atoms with Crippen LogP contribution in [-0.2, 0) is 4.75 Å². The van der Waals surface area contributed by atoms with E-state index in [4.69, 9.17) is 0 Å². The zero-order chi connectivity index (χ0) is 15.2. The number of carbonyl (C=O) groups is 1. The second kappa shape index (κ2) is 4.99. The Morgan fingerprint density at radius 1 is 1.14 bits per heavy atom. The van der Waals surface area contributed by atoms with Crippen LogP contribution in [0, 0.1) is 5.92 Å². The molecule has 1 aliphatic carbocycles. The summed E-state index contributed by atoms with van der Waals surface area (Å²) >= 11 is 1.72. The lowest BCUT2D eigenvalue weighted by atomic mass is 9.99. The Kier molecular flexibility index (Phi) is 3.08. The second-order valence-electron chi connectivity index (χ2n) is 5.83. The van der Waals surface area contributed by atoms with Crippen LogP contribution in [0.25, 0.3) is 6.08 Å². The maximum Gasteiger partial charge on any atom is 0.199 e. The first-order chi connectivity index (χ1) is 10.7. The average Bonchev–Trinajstić information content (AvgIpc) is 3.28. The molecule has 2 aliphatic rings. The van der Waals surface area contributed by atoms with Crippen LogP contribution in [0.1, 0.15) is 27.9 Å². The molecule has 0 amide bonds. The van der Waals surface area contributed by atoms with Gasteiger partial charge in [-0.1, -0.05) is 60.7 Å². The molecular formula is C20H16OS. The molecule has 0 N–H and O–H groups in total. The van der Waals surface area contributed by atoms with Gasteiger partial charge in [-0.05, 0) is 29.5 Å². The van der Waals surface area contributed by atoms with E-state index in [9.17, 15) is 4.79 Å². The van der Waals surface area contributed by atoms with Gasteiger partial charge in [-0.3, -0.25) is 4.79 Å². The van der Waals surface area contributed by atoms with Crippen LogP contribution >= 0.6 is 11.8 Å². The Morgan fingerprint density at radius 3 is 2.59 bits per heavy atom. The van der Waals surface area contributed by atoms with Crippen molar-refractivity contribution in [1.29, 1.82) is 0 Å². The average molecular weight is 304 g/mol. The number of thioether (sulfide) groups is 1. The largest absolute Gasteiger partial charge is 0.288 e. The topological polar surface area (TPSA) is 17.1 Å². The molecule has 1 fully saturated rings. The molecule has 1 heterocycles. The fourth-order valence-corrected chi connectivity index (χ4v) is 4.84. The van der Waals surface area contributed by atoms with E-state index in [1.54, 1.807) is 11.8 Å². The lowest BCUT2D eigenvalue weighted by Gasteiger charge is -2.25. The molecule has 0 aromatic heterocycles. The molecule has 0 bridgehead atoms. The summed E-state index contributed by atoms with van der Waals surface area (Å²) in [5, 5.41) is 0. The first kappa shape index (κ1) is 13.6. The number of carbonyl (C=O) groups excluding carboxylic acids is 1. The number of benzene rings is 2. The van der Waals surface area contributed by atoms with Crippen molar-refractivity contribution in [3.8, 4) is 0 Å². The van der Waals surface area contributed by atoms with Gasteiger partial charge in [0.1, 0.15) is 0 Å². The molecule has 108 valence electrons. The van der Waals surface area contributed by atoms with Crippen molar-refractivity contribution in [3.63, 3.8) is 0 Å². The molecule has 2 unspecified atom stereocenters. The maximum absolute atomic E-state index is 12.8. The highest BCUT2D eigenvalue weighted by Gasteiger charge is 2.57. The minimum absolute atomic E-state index is 0.0207. The monoisotopic (exact) mass is 304 g/mol. The van der Waals surface area contributed by atoms with E-state index in [1.165, 1.54) is 11.1 Å². The Morgan fingerprint density at radius 2 is 1.86 bits per heavy atom. The smallest absolute Gasteiger partial charge is 0.199 e. The summed E-state index contributed by atoms with van der Waals surface area (Å²) < 4.78 is 0.0207. The number of hydrogen-bond acceptors (Lipinski definition) is 2. The van der Waals surface area contributed by atoms with Crippen molar-refractivity contribution in [2.75, 3.05) is 0 Å². The quantitative estimate of drug-likeness (QED) is 0.582. The van der Waals surface area contributed by atoms with Gasteiger partial charge in [-0.2, -0.15) is 0 Å². The Labute approximate surface area is 134 Å². The van der Waals surface area contributed by atoms with Crippen molar-refractivity contribution < 1.29 is 4.79 Å². The van der Waals surface area contributed by atoms with Crippen LogP contribution in [0.4, 0.5) is 0 Å². The Hall–Kier alpha value is -2.06. The summed E-state index contributed by atoms with van der Waals surface area (Å²) in [6.07, 6.45) is 5.14. The zero-order valence-electron chi connectivity index (χ0n) is 12.2. The fraction of sp³-hybridized carbons (Fsp3) is 0.150. The Balaban J connectivity index is 1.78. The summed E-state index contributed by atoms with van der Waals surface area (Å²) in [4.78, 5) is 13.6. The maximum atomic E-state index is 12.8. The molecular weight excluding hydrogens is 288 g/mol. The first-order valence-corrected chi connectivity index (χ1v) is 8.29. The second-order valence-corrected chi connectivity index (χ2v) is 7.20. The molecule has 2 aromatic rings. The number of ketones is 1. The van der Waals surface area contributed by atoms with Crippen LogP contribution < -0.4 is 0 Å². The van der Waals surface area contributed by atoms with Gasteiger partial charge in [0.2, 0.25) is 0 Å². The highest BCUT2D eigenvalue weighted by molar-refractivity contribution is 8.05. The molecule has 1 saturated carbocycles. The third-order valence-corrected chi connectivity index (χ3v) is 6.08. The number of fused-ring (bicyclic) bond motifs is 2. The van der Waals surface area contributed by atoms with Crippen LogP contribution in [0.3, 0.4) is 0 Å². The van der Waals surface area contributed by atoms with E-state index < -0.39 is 0 Å². The molecule has 2 aromatic carbocycles. The molecule has 2 heteroatoms. The summed E-state index contributed by atoms with van der Waals surface area (Å²) in [7, 11) is 0. The van der Waals surface area contributed by atoms with Crippen molar-refractivity contribution in [2.45, 2.75) is 11.2 Å². The van der Waals surface area contributed by atoms with Gasteiger partial charge in [-0.25, -0.2) is 0 Å². The first-order valence-electron chi connectivity index (χ1n) is 7.47.